The number of methoxy groups -OCH3 is 1. The van der Waals surface area contributed by atoms with Crippen molar-refractivity contribution >= 4 is 16.6 Å². The van der Waals surface area contributed by atoms with Gasteiger partial charge in [0.1, 0.15) is 17.1 Å². The van der Waals surface area contributed by atoms with Crippen LogP contribution in [-0.2, 0) is 0 Å². The van der Waals surface area contributed by atoms with Gasteiger partial charge < -0.3 is 4.74 Å². The smallest absolute Gasteiger partial charge is 0.218 e. The number of fused-ring (bicyclic) bond motifs is 2. The fraction of sp³-hybridized carbons (Fsp3) is 0.0667. The molecule has 5 heteroatoms. The summed E-state index contributed by atoms with van der Waals surface area (Å²) < 4.78 is 5.28. The largest absolute Gasteiger partial charge is 0.496 e. The van der Waals surface area contributed by atoms with Crippen LogP contribution in [-0.4, -0.2) is 27.8 Å². The molecule has 0 N–H and O–H groups in total. The Morgan fingerprint density at radius 1 is 0.900 bits per heavy atom. The summed E-state index contributed by atoms with van der Waals surface area (Å²) in [6.45, 7) is 0. The van der Waals surface area contributed by atoms with Crippen LogP contribution in [0.3, 0.4) is 0 Å². The lowest BCUT2D eigenvalue weighted by Gasteiger charge is -2.18. The van der Waals surface area contributed by atoms with Crippen molar-refractivity contribution in [1.29, 1.82) is 0 Å². The lowest BCUT2D eigenvalue weighted by Crippen LogP contribution is -2.15. The first-order chi connectivity index (χ1) is 9.81. The summed E-state index contributed by atoms with van der Waals surface area (Å²) in [7, 11) is 1.53. The maximum Gasteiger partial charge on any atom is 0.218 e. The number of nitrogens with zero attached hydrogens (tertiary/aromatic N) is 3. The fourth-order valence-electron chi connectivity index (χ4n) is 2.60. The summed E-state index contributed by atoms with van der Waals surface area (Å²) in [5, 5.41) is 1.69. The Bertz CT molecular complexity index is 869. The molecule has 0 atom stereocenters. The predicted octanol–water partition coefficient (Wildman–Crippen LogP) is 2.24. The average molecular weight is 263 g/mol. The summed E-state index contributed by atoms with van der Waals surface area (Å²) >= 11 is 0. The van der Waals surface area contributed by atoms with Crippen molar-refractivity contribution in [2.45, 2.75) is 0 Å². The van der Waals surface area contributed by atoms with Crippen LogP contribution in [0, 0.1) is 0 Å². The molecule has 3 aromatic heterocycles. The Morgan fingerprint density at radius 2 is 1.55 bits per heavy atom. The van der Waals surface area contributed by atoms with Crippen LogP contribution >= 0.6 is 0 Å². The fourth-order valence-corrected chi connectivity index (χ4v) is 2.60. The van der Waals surface area contributed by atoms with Gasteiger partial charge in [-0.15, -0.1) is 0 Å². The minimum absolute atomic E-state index is 0.170. The predicted molar refractivity (Wildman–Crippen MR) is 72.8 cm³/mol. The maximum atomic E-state index is 12.7. The highest BCUT2D eigenvalue weighted by Gasteiger charge is 2.31. The quantitative estimate of drug-likeness (QED) is 0.527. The van der Waals surface area contributed by atoms with E-state index in [2.05, 4.69) is 15.0 Å². The topological polar surface area (TPSA) is 65.0 Å². The third kappa shape index (κ3) is 1.26. The van der Waals surface area contributed by atoms with E-state index in [0.29, 0.717) is 28.4 Å². The summed E-state index contributed by atoms with van der Waals surface area (Å²) in [4.78, 5) is 25.6. The number of aromatic nitrogens is 3. The van der Waals surface area contributed by atoms with Crippen LogP contribution in [0.25, 0.3) is 22.2 Å². The van der Waals surface area contributed by atoms with Gasteiger partial charge in [-0.25, -0.2) is 0 Å². The van der Waals surface area contributed by atoms with E-state index < -0.39 is 0 Å². The lowest BCUT2D eigenvalue weighted by molar-refractivity contribution is 0.103. The van der Waals surface area contributed by atoms with Gasteiger partial charge in [0.15, 0.2) is 0 Å². The third-order valence-electron chi connectivity index (χ3n) is 3.48. The van der Waals surface area contributed by atoms with Gasteiger partial charge >= 0.3 is 0 Å². The van der Waals surface area contributed by atoms with Gasteiger partial charge in [0.05, 0.1) is 18.4 Å². The molecule has 96 valence electrons. The number of carbonyl (C=O) groups excluding carboxylic acids is 1. The second-order valence-electron chi connectivity index (χ2n) is 4.48. The highest BCUT2D eigenvalue weighted by Crippen LogP contribution is 2.38. The molecule has 4 rings (SSSR count). The number of ether oxygens (including phenoxy) is 1. The molecule has 0 saturated heterocycles. The van der Waals surface area contributed by atoms with Crippen molar-refractivity contribution in [3.63, 3.8) is 0 Å². The Labute approximate surface area is 114 Å². The highest BCUT2D eigenvalue weighted by atomic mass is 16.5. The van der Waals surface area contributed by atoms with E-state index in [9.17, 15) is 4.79 Å². The first-order valence-electron chi connectivity index (χ1n) is 6.13. The number of carbonyl (C=O) groups is 1. The van der Waals surface area contributed by atoms with E-state index >= 15 is 0 Å². The highest BCUT2D eigenvalue weighted by molar-refractivity contribution is 6.24. The molecule has 0 aromatic carbocycles. The first-order valence-corrected chi connectivity index (χ1v) is 6.13. The van der Waals surface area contributed by atoms with Crippen molar-refractivity contribution < 1.29 is 9.53 Å². The van der Waals surface area contributed by atoms with Crippen LogP contribution in [0.5, 0.6) is 5.75 Å². The molecule has 1 aliphatic rings. The van der Waals surface area contributed by atoms with Crippen LogP contribution in [0.4, 0.5) is 0 Å². The maximum absolute atomic E-state index is 12.7. The van der Waals surface area contributed by atoms with Crippen LogP contribution in [0.2, 0.25) is 0 Å². The number of hydrogen-bond acceptors (Lipinski definition) is 5. The molecule has 0 fully saturated rings. The van der Waals surface area contributed by atoms with Gasteiger partial charge in [-0.05, 0) is 23.6 Å². The van der Waals surface area contributed by atoms with Crippen LogP contribution in [0.15, 0.2) is 36.8 Å². The minimum atomic E-state index is -0.170. The number of rotatable bonds is 1. The summed E-state index contributed by atoms with van der Waals surface area (Å²) in [5.41, 5.74) is 2.07. The molecule has 0 saturated carbocycles. The second-order valence-corrected chi connectivity index (χ2v) is 4.48. The van der Waals surface area contributed by atoms with Crippen molar-refractivity contribution in [3.8, 4) is 17.1 Å². The minimum Gasteiger partial charge on any atom is -0.496 e. The van der Waals surface area contributed by atoms with Gasteiger partial charge in [0, 0.05) is 24.0 Å². The van der Waals surface area contributed by atoms with Gasteiger partial charge in [0.25, 0.3) is 0 Å². The van der Waals surface area contributed by atoms with E-state index in [1.54, 1.807) is 24.7 Å². The molecule has 1 aliphatic carbocycles. The SMILES string of the molecule is COc1ccnc2c1C(=O)c1nccc3ccnc-2c13. The number of ketones is 1. The molecule has 0 amide bonds. The van der Waals surface area contributed by atoms with E-state index in [-0.39, 0.29) is 5.78 Å². The molecule has 3 aromatic rings. The molecular weight excluding hydrogens is 254 g/mol. The monoisotopic (exact) mass is 263 g/mol. The van der Waals surface area contributed by atoms with Crippen molar-refractivity contribution in [2.24, 2.45) is 0 Å². The number of hydrogen-bond donors (Lipinski definition) is 0. The Balaban J connectivity index is 2.22. The average Bonchev–Trinajstić information content (AvgIpc) is 2.51. The van der Waals surface area contributed by atoms with E-state index in [1.807, 2.05) is 12.1 Å². The molecule has 0 aliphatic heterocycles. The Kier molecular flexibility index (Phi) is 2.12. The van der Waals surface area contributed by atoms with Gasteiger partial charge in [-0.2, -0.15) is 0 Å². The van der Waals surface area contributed by atoms with Crippen molar-refractivity contribution in [1.82, 2.24) is 15.0 Å². The van der Waals surface area contributed by atoms with Crippen molar-refractivity contribution in [3.05, 3.63) is 48.0 Å². The summed E-state index contributed by atoms with van der Waals surface area (Å²) in [6.07, 6.45) is 4.96. The van der Waals surface area contributed by atoms with Gasteiger partial charge in [0.2, 0.25) is 5.78 Å². The van der Waals surface area contributed by atoms with E-state index in [1.165, 1.54) is 7.11 Å². The zero-order valence-electron chi connectivity index (χ0n) is 10.6. The first kappa shape index (κ1) is 11.0. The molecule has 0 unspecified atom stereocenters. The van der Waals surface area contributed by atoms with Gasteiger partial charge in [-0.1, -0.05) is 0 Å². The number of pyridine rings is 3. The van der Waals surface area contributed by atoms with Crippen molar-refractivity contribution in [2.75, 3.05) is 7.11 Å². The van der Waals surface area contributed by atoms with Gasteiger partial charge in [-0.3, -0.25) is 19.7 Å². The van der Waals surface area contributed by atoms with Crippen LogP contribution in [0.1, 0.15) is 16.1 Å². The standard InChI is InChI=1S/C15H9N3O2/c1-20-9-4-7-17-13-11(9)15(19)14-10-8(3-6-18-14)2-5-16-12(10)13/h2-7H,1H3. The lowest BCUT2D eigenvalue weighted by atomic mass is 9.91. The Morgan fingerprint density at radius 3 is 2.30 bits per heavy atom. The zero-order valence-corrected chi connectivity index (χ0v) is 10.6. The molecule has 0 radical (unpaired) electrons. The zero-order chi connectivity index (χ0) is 13.7. The molecule has 0 bridgehead atoms. The summed E-state index contributed by atoms with van der Waals surface area (Å²) in [5.74, 6) is 0.325. The molecule has 0 spiro atoms. The molecule has 5 nitrogen and oxygen atoms in total. The Hall–Kier alpha value is -2.82. The molecular formula is C15H9N3O2. The molecule has 20 heavy (non-hydrogen) atoms. The second kappa shape index (κ2) is 3.84. The normalized spacial score (nSPS) is 12.3. The van der Waals surface area contributed by atoms with E-state index in [0.717, 1.165) is 10.8 Å². The summed E-state index contributed by atoms with van der Waals surface area (Å²) in [6, 6.07) is 5.40. The van der Waals surface area contributed by atoms with E-state index in [4.69, 9.17) is 4.74 Å². The van der Waals surface area contributed by atoms with Crippen LogP contribution < -0.4 is 4.74 Å². The third-order valence-corrected chi connectivity index (χ3v) is 3.48. The molecule has 3 heterocycles.